The molecular weight excluding hydrogens is 423 g/mol. The fourth-order valence-electron chi connectivity index (χ4n) is 3.86. The topological polar surface area (TPSA) is 58.6 Å². The quantitative estimate of drug-likeness (QED) is 0.597. The Labute approximate surface area is 187 Å². The Morgan fingerprint density at radius 3 is 2.43 bits per heavy atom. The summed E-state index contributed by atoms with van der Waals surface area (Å²) in [6.45, 7) is 0.746. The van der Waals surface area contributed by atoms with Crippen LogP contribution in [-0.4, -0.2) is 37.4 Å². The van der Waals surface area contributed by atoms with Crippen LogP contribution in [0.1, 0.15) is 52.8 Å². The SMILES string of the molecule is COc1cc(NC(=O)c2ccc(Cl)cc2Cl)ccc1C(=O)N(C)CC1CCCCC1. The third-order valence-electron chi connectivity index (χ3n) is 5.47. The number of carbonyl (C=O) groups excluding carboxylic acids is 2. The predicted octanol–water partition coefficient (Wildman–Crippen LogP) is 5.91. The molecule has 0 spiro atoms. The smallest absolute Gasteiger partial charge is 0.257 e. The van der Waals surface area contributed by atoms with Crippen molar-refractivity contribution in [3.63, 3.8) is 0 Å². The number of halogens is 2. The lowest BCUT2D eigenvalue weighted by molar-refractivity contribution is 0.0757. The van der Waals surface area contributed by atoms with Gasteiger partial charge in [-0.25, -0.2) is 0 Å². The molecule has 2 aromatic rings. The van der Waals surface area contributed by atoms with E-state index in [1.54, 1.807) is 35.2 Å². The number of carbonyl (C=O) groups is 2. The normalized spacial score (nSPS) is 14.3. The van der Waals surface area contributed by atoms with E-state index in [1.165, 1.54) is 45.3 Å². The van der Waals surface area contributed by atoms with Crippen LogP contribution in [-0.2, 0) is 0 Å². The van der Waals surface area contributed by atoms with E-state index in [1.807, 2.05) is 7.05 Å². The number of ether oxygens (including phenoxy) is 1. The second kappa shape index (κ2) is 10.2. The molecule has 5 nitrogen and oxygen atoms in total. The Balaban J connectivity index is 1.72. The summed E-state index contributed by atoms with van der Waals surface area (Å²) in [6, 6.07) is 9.69. The first kappa shape index (κ1) is 22.4. The molecule has 0 bridgehead atoms. The molecule has 3 rings (SSSR count). The van der Waals surface area contributed by atoms with Crippen molar-refractivity contribution in [3.05, 3.63) is 57.6 Å². The Morgan fingerprint density at radius 2 is 1.77 bits per heavy atom. The van der Waals surface area contributed by atoms with E-state index in [2.05, 4.69) is 5.32 Å². The van der Waals surface area contributed by atoms with Crippen LogP contribution in [0, 0.1) is 5.92 Å². The summed E-state index contributed by atoms with van der Waals surface area (Å²) in [4.78, 5) is 27.3. The highest BCUT2D eigenvalue weighted by Gasteiger charge is 2.22. The minimum Gasteiger partial charge on any atom is -0.496 e. The summed E-state index contributed by atoms with van der Waals surface area (Å²) in [7, 11) is 3.34. The molecule has 0 atom stereocenters. The van der Waals surface area contributed by atoms with Crippen molar-refractivity contribution in [1.82, 2.24) is 4.90 Å². The molecule has 1 N–H and O–H groups in total. The van der Waals surface area contributed by atoms with Crippen LogP contribution < -0.4 is 10.1 Å². The standard InChI is InChI=1S/C23H26Cl2N2O3/c1-27(14-15-6-4-3-5-7-15)23(29)19-11-9-17(13-21(19)30-2)26-22(28)18-10-8-16(24)12-20(18)25/h8-13,15H,3-7,14H2,1-2H3,(H,26,28). The molecule has 160 valence electrons. The van der Waals surface area contributed by atoms with E-state index in [9.17, 15) is 9.59 Å². The summed E-state index contributed by atoms with van der Waals surface area (Å²) in [5.74, 6) is 0.514. The summed E-state index contributed by atoms with van der Waals surface area (Å²) in [6.07, 6.45) is 6.11. The maximum Gasteiger partial charge on any atom is 0.257 e. The van der Waals surface area contributed by atoms with E-state index in [4.69, 9.17) is 27.9 Å². The van der Waals surface area contributed by atoms with Gasteiger partial charge in [0, 0.05) is 30.4 Å². The van der Waals surface area contributed by atoms with Gasteiger partial charge in [-0.1, -0.05) is 42.5 Å². The first-order valence-corrected chi connectivity index (χ1v) is 10.8. The van der Waals surface area contributed by atoms with Crippen LogP contribution in [0.4, 0.5) is 5.69 Å². The van der Waals surface area contributed by atoms with Crippen LogP contribution in [0.15, 0.2) is 36.4 Å². The van der Waals surface area contributed by atoms with Gasteiger partial charge in [0.15, 0.2) is 0 Å². The van der Waals surface area contributed by atoms with E-state index in [0.29, 0.717) is 33.5 Å². The van der Waals surface area contributed by atoms with E-state index in [0.717, 1.165) is 6.54 Å². The molecule has 1 fully saturated rings. The third kappa shape index (κ3) is 5.46. The van der Waals surface area contributed by atoms with Crippen LogP contribution in [0.5, 0.6) is 5.75 Å². The number of methoxy groups -OCH3 is 1. The van der Waals surface area contributed by atoms with Crippen molar-refractivity contribution in [3.8, 4) is 5.75 Å². The van der Waals surface area contributed by atoms with E-state index in [-0.39, 0.29) is 16.8 Å². The number of nitrogens with one attached hydrogen (secondary N) is 1. The molecule has 1 aliphatic carbocycles. The van der Waals surface area contributed by atoms with E-state index < -0.39 is 0 Å². The summed E-state index contributed by atoms with van der Waals surface area (Å²) < 4.78 is 5.43. The molecule has 2 aromatic carbocycles. The maximum atomic E-state index is 13.0. The average Bonchev–Trinajstić information content (AvgIpc) is 2.73. The maximum absolute atomic E-state index is 13.0. The second-order valence-electron chi connectivity index (χ2n) is 7.68. The van der Waals surface area contributed by atoms with Gasteiger partial charge in [0.1, 0.15) is 5.75 Å². The predicted molar refractivity (Wildman–Crippen MR) is 121 cm³/mol. The van der Waals surface area contributed by atoms with Crippen molar-refractivity contribution >= 4 is 40.7 Å². The molecule has 1 saturated carbocycles. The molecule has 0 heterocycles. The molecule has 0 radical (unpaired) electrons. The first-order chi connectivity index (χ1) is 14.4. The highest BCUT2D eigenvalue weighted by Crippen LogP contribution is 2.28. The molecule has 0 saturated heterocycles. The van der Waals surface area contributed by atoms with Gasteiger partial charge < -0.3 is 15.0 Å². The number of amides is 2. The van der Waals surface area contributed by atoms with Crippen molar-refractivity contribution in [2.24, 2.45) is 5.92 Å². The molecule has 30 heavy (non-hydrogen) atoms. The van der Waals surface area contributed by atoms with E-state index >= 15 is 0 Å². The monoisotopic (exact) mass is 448 g/mol. The number of anilines is 1. The number of hydrogen-bond acceptors (Lipinski definition) is 3. The Morgan fingerprint density at radius 1 is 1.07 bits per heavy atom. The van der Waals surface area contributed by atoms with Crippen molar-refractivity contribution in [2.45, 2.75) is 32.1 Å². The molecule has 0 unspecified atom stereocenters. The highest BCUT2D eigenvalue weighted by molar-refractivity contribution is 6.37. The van der Waals surface area contributed by atoms with Gasteiger partial charge in [-0.2, -0.15) is 0 Å². The van der Waals surface area contributed by atoms with Gasteiger partial charge in [-0.05, 0) is 49.1 Å². The molecule has 0 aliphatic heterocycles. The van der Waals surface area contributed by atoms with Crippen molar-refractivity contribution in [2.75, 3.05) is 26.0 Å². The molecular formula is C23H26Cl2N2O3. The molecule has 2 amide bonds. The molecule has 1 aliphatic rings. The van der Waals surface area contributed by atoms with Crippen molar-refractivity contribution < 1.29 is 14.3 Å². The average molecular weight is 449 g/mol. The number of rotatable bonds is 6. The fraction of sp³-hybridized carbons (Fsp3) is 0.391. The zero-order valence-electron chi connectivity index (χ0n) is 17.2. The van der Waals surface area contributed by atoms with Gasteiger partial charge in [0.05, 0.1) is 23.3 Å². The highest BCUT2D eigenvalue weighted by atomic mass is 35.5. The van der Waals surface area contributed by atoms with Crippen LogP contribution in [0.3, 0.4) is 0 Å². The minimum absolute atomic E-state index is 0.0870. The van der Waals surface area contributed by atoms with Gasteiger partial charge in [0.25, 0.3) is 11.8 Å². The lowest BCUT2D eigenvalue weighted by Crippen LogP contribution is -2.32. The van der Waals surface area contributed by atoms with Gasteiger partial charge in [-0.3, -0.25) is 9.59 Å². The van der Waals surface area contributed by atoms with Crippen LogP contribution in [0.25, 0.3) is 0 Å². The Hall–Kier alpha value is -2.24. The summed E-state index contributed by atoms with van der Waals surface area (Å²) >= 11 is 12.0. The molecule has 0 aromatic heterocycles. The number of nitrogens with zero attached hydrogens (tertiary/aromatic N) is 1. The fourth-order valence-corrected chi connectivity index (χ4v) is 4.36. The lowest BCUT2D eigenvalue weighted by Gasteiger charge is -2.27. The minimum atomic E-state index is -0.368. The molecule has 7 heteroatoms. The van der Waals surface area contributed by atoms with Crippen LogP contribution >= 0.6 is 23.2 Å². The van der Waals surface area contributed by atoms with Gasteiger partial charge in [0.2, 0.25) is 0 Å². The van der Waals surface area contributed by atoms with Crippen LogP contribution in [0.2, 0.25) is 10.0 Å². The Bertz CT molecular complexity index is 927. The summed E-state index contributed by atoms with van der Waals surface area (Å²) in [5, 5.41) is 3.51. The first-order valence-electron chi connectivity index (χ1n) is 10.1. The number of hydrogen-bond donors (Lipinski definition) is 1. The zero-order valence-corrected chi connectivity index (χ0v) is 18.7. The summed E-state index contributed by atoms with van der Waals surface area (Å²) in [5.41, 5.74) is 1.29. The zero-order chi connectivity index (χ0) is 21.7. The second-order valence-corrected chi connectivity index (χ2v) is 8.53. The van der Waals surface area contributed by atoms with Gasteiger partial charge >= 0.3 is 0 Å². The third-order valence-corrected chi connectivity index (χ3v) is 6.02. The van der Waals surface area contributed by atoms with Gasteiger partial charge in [-0.15, -0.1) is 0 Å². The van der Waals surface area contributed by atoms with Crippen molar-refractivity contribution in [1.29, 1.82) is 0 Å². The number of benzene rings is 2. The lowest BCUT2D eigenvalue weighted by atomic mass is 9.89. The Kier molecular flexibility index (Phi) is 7.62. The largest absolute Gasteiger partial charge is 0.496 e.